The number of nitrogen functional groups attached to an aromatic ring is 1. The Labute approximate surface area is 193 Å². The third-order valence-electron chi connectivity index (χ3n) is 5.15. The number of rotatable bonds is 4. The van der Waals surface area contributed by atoms with Gasteiger partial charge in [0.25, 0.3) is 5.91 Å². The normalized spacial score (nSPS) is 13.8. The molecule has 1 aliphatic rings. The summed E-state index contributed by atoms with van der Waals surface area (Å²) < 4.78 is 5.92. The third kappa shape index (κ3) is 4.14. The summed E-state index contributed by atoms with van der Waals surface area (Å²) in [7, 11) is 0. The second-order valence-electron chi connectivity index (χ2n) is 7.45. The molecule has 4 N–H and O–H groups in total. The highest BCUT2D eigenvalue weighted by Crippen LogP contribution is 2.41. The van der Waals surface area contributed by atoms with Crippen LogP contribution in [0.25, 0.3) is 17.4 Å². The van der Waals surface area contributed by atoms with Crippen molar-refractivity contribution in [2.24, 2.45) is 0 Å². The van der Waals surface area contributed by atoms with Crippen LogP contribution in [0.1, 0.15) is 26.5 Å². The summed E-state index contributed by atoms with van der Waals surface area (Å²) in [5, 5.41) is 13.0. The minimum atomic E-state index is -0.473. The number of aromatic hydroxyl groups is 1. The number of fused-ring (bicyclic) bond motifs is 1. The lowest BCUT2D eigenvalue weighted by Crippen LogP contribution is -2.12. The van der Waals surface area contributed by atoms with E-state index in [4.69, 9.17) is 10.2 Å². The van der Waals surface area contributed by atoms with E-state index in [-0.39, 0.29) is 17.1 Å². The topological polar surface area (TPSA) is 106 Å². The van der Waals surface area contributed by atoms with Crippen molar-refractivity contribution in [1.29, 1.82) is 0 Å². The number of nitrogens with one attached hydrogen (secondary N) is 1. The SMILES string of the molecule is Nc1cccc(NC(=O)c2cc(-c3ccc(C=C4Sc5ccccc5C4=O)o3)ccc2O)c1. The van der Waals surface area contributed by atoms with E-state index >= 15 is 0 Å². The van der Waals surface area contributed by atoms with Crippen LogP contribution in [0, 0.1) is 0 Å². The highest BCUT2D eigenvalue weighted by Gasteiger charge is 2.25. The Morgan fingerprint density at radius 2 is 1.85 bits per heavy atom. The quantitative estimate of drug-likeness (QED) is 0.265. The molecule has 0 atom stereocenters. The Hall–Kier alpha value is -4.23. The number of allylic oxidation sites excluding steroid dienone is 1. The molecule has 5 rings (SSSR count). The molecule has 162 valence electrons. The second kappa shape index (κ2) is 8.37. The zero-order valence-electron chi connectivity index (χ0n) is 17.2. The van der Waals surface area contributed by atoms with E-state index in [0.717, 1.165) is 4.90 Å². The average molecular weight is 455 g/mol. The highest BCUT2D eigenvalue weighted by molar-refractivity contribution is 8.04. The van der Waals surface area contributed by atoms with Crippen molar-refractivity contribution in [2.45, 2.75) is 4.90 Å². The molecule has 1 amide bonds. The molecule has 0 unspecified atom stereocenters. The van der Waals surface area contributed by atoms with Crippen molar-refractivity contribution < 1.29 is 19.1 Å². The lowest BCUT2D eigenvalue weighted by atomic mass is 10.1. The molecule has 0 saturated heterocycles. The van der Waals surface area contributed by atoms with E-state index in [9.17, 15) is 14.7 Å². The zero-order valence-corrected chi connectivity index (χ0v) is 18.1. The molecule has 33 heavy (non-hydrogen) atoms. The molecule has 0 aliphatic carbocycles. The number of ketones is 1. The largest absolute Gasteiger partial charge is 0.507 e. The summed E-state index contributed by atoms with van der Waals surface area (Å²) in [6, 6.07) is 22.4. The smallest absolute Gasteiger partial charge is 0.259 e. The van der Waals surface area contributed by atoms with Gasteiger partial charge in [0.1, 0.15) is 17.3 Å². The third-order valence-corrected chi connectivity index (χ3v) is 6.24. The summed E-state index contributed by atoms with van der Waals surface area (Å²) in [5.41, 5.74) is 8.20. The Bertz CT molecular complexity index is 1440. The summed E-state index contributed by atoms with van der Waals surface area (Å²) in [6.45, 7) is 0. The first-order valence-corrected chi connectivity index (χ1v) is 10.9. The fraction of sp³-hybridized carbons (Fsp3) is 0. The number of anilines is 2. The predicted octanol–water partition coefficient (Wildman–Crippen LogP) is 5.82. The average Bonchev–Trinajstić information content (AvgIpc) is 3.39. The number of benzene rings is 3. The number of furan rings is 1. The van der Waals surface area contributed by atoms with E-state index in [0.29, 0.717) is 38.9 Å². The Morgan fingerprint density at radius 1 is 1.00 bits per heavy atom. The van der Waals surface area contributed by atoms with Crippen LogP contribution in [0.15, 0.2) is 93.1 Å². The van der Waals surface area contributed by atoms with Gasteiger partial charge in [0, 0.05) is 27.4 Å². The maximum Gasteiger partial charge on any atom is 0.259 e. The lowest BCUT2D eigenvalue weighted by molar-refractivity contribution is 0.102. The molecule has 2 heterocycles. The maximum absolute atomic E-state index is 12.7. The molecule has 0 radical (unpaired) electrons. The predicted molar refractivity (Wildman–Crippen MR) is 129 cm³/mol. The van der Waals surface area contributed by atoms with Gasteiger partial charge in [-0.1, -0.05) is 30.0 Å². The van der Waals surface area contributed by atoms with E-state index in [1.54, 1.807) is 54.6 Å². The van der Waals surface area contributed by atoms with Crippen LogP contribution in [0.5, 0.6) is 5.75 Å². The van der Waals surface area contributed by atoms with Crippen molar-refractivity contribution in [3.8, 4) is 17.1 Å². The Balaban J connectivity index is 1.39. The second-order valence-corrected chi connectivity index (χ2v) is 8.53. The standard InChI is InChI=1S/C26H18N2O4S/c27-16-4-3-5-17(13-16)28-26(31)20-12-15(8-10-21(20)29)22-11-9-18(32-22)14-24-25(30)19-6-1-2-7-23(19)33-24/h1-14,29H,27H2,(H,28,31). The van der Waals surface area contributed by atoms with Crippen LogP contribution in [0.4, 0.5) is 11.4 Å². The first kappa shape index (κ1) is 20.7. The first-order valence-electron chi connectivity index (χ1n) is 10.1. The van der Waals surface area contributed by atoms with Crippen LogP contribution in [0.3, 0.4) is 0 Å². The number of amides is 1. The van der Waals surface area contributed by atoms with Gasteiger partial charge >= 0.3 is 0 Å². The summed E-state index contributed by atoms with van der Waals surface area (Å²) in [4.78, 5) is 26.8. The van der Waals surface area contributed by atoms with E-state index in [1.165, 1.54) is 17.8 Å². The number of phenols is 1. The number of thioether (sulfide) groups is 1. The van der Waals surface area contributed by atoms with Gasteiger partial charge in [-0.15, -0.1) is 0 Å². The minimum Gasteiger partial charge on any atom is -0.507 e. The monoisotopic (exact) mass is 454 g/mol. The van der Waals surface area contributed by atoms with Gasteiger partial charge in [0.15, 0.2) is 0 Å². The molecule has 0 fully saturated rings. The van der Waals surface area contributed by atoms with Crippen LogP contribution >= 0.6 is 11.8 Å². The van der Waals surface area contributed by atoms with Crippen molar-refractivity contribution in [2.75, 3.05) is 11.1 Å². The molecule has 3 aromatic carbocycles. The highest BCUT2D eigenvalue weighted by atomic mass is 32.2. The van der Waals surface area contributed by atoms with E-state index in [1.807, 2.05) is 24.3 Å². The fourth-order valence-corrected chi connectivity index (χ4v) is 4.57. The van der Waals surface area contributed by atoms with Gasteiger partial charge in [0.2, 0.25) is 5.78 Å². The molecule has 1 aliphatic heterocycles. The first-order chi connectivity index (χ1) is 16.0. The van der Waals surface area contributed by atoms with E-state index < -0.39 is 5.91 Å². The van der Waals surface area contributed by atoms with Gasteiger partial charge < -0.3 is 20.6 Å². The van der Waals surface area contributed by atoms with Gasteiger partial charge in [-0.3, -0.25) is 9.59 Å². The number of hydrogen-bond acceptors (Lipinski definition) is 6. The zero-order chi connectivity index (χ0) is 22.9. The number of carbonyl (C=O) groups is 2. The van der Waals surface area contributed by atoms with Crippen LogP contribution in [-0.4, -0.2) is 16.8 Å². The lowest BCUT2D eigenvalue weighted by Gasteiger charge is -2.09. The molecule has 0 saturated carbocycles. The van der Waals surface area contributed by atoms with Crippen LogP contribution in [0.2, 0.25) is 0 Å². The molecule has 4 aromatic rings. The van der Waals surface area contributed by atoms with E-state index in [2.05, 4.69) is 5.32 Å². The van der Waals surface area contributed by atoms with Gasteiger partial charge in [-0.25, -0.2) is 0 Å². The molecule has 0 bridgehead atoms. The maximum atomic E-state index is 12.7. The van der Waals surface area contributed by atoms with Crippen LogP contribution < -0.4 is 11.1 Å². The minimum absolute atomic E-state index is 0.0290. The van der Waals surface area contributed by atoms with Crippen molar-refractivity contribution >= 4 is 40.9 Å². The number of phenolic OH excluding ortho intramolecular Hbond substituents is 1. The number of nitrogens with two attached hydrogens (primary N) is 1. The Kier molecular flexibility index (Phi) is 5.24. The fourth-order valence-electron chi connectivity index (χ4n) is 3.54. The van der Waals surface area contributed by atoms with Gasteiger partial charge in [-0.05, 0) is 66.7 Å². The molecule has 6 nitrogen and oxygen atoms in total. The number of Topliss-reactive ketones (excluding diaryl/α,β-unsaturated/α-hetero) is 1. The summed E-state index contributed by atoms with van der Waals surface area (Å²) >= 11 is 1.41. The summed E-state index contributed by atoms with van der Waals surface area (Å²) in [6.07, 6.45) is 1.71. The van der Waals surface area contributed by atoms with Gasteiger partial charge in [0.05, 0.1) is 10.5 Å². The van der Waals surface area contributed by atoms with Gasteiger partial charge in [-0.2, -0.15) is 0 Å². The number of hydrogen-bond donors (Lipinski definition) is 3. The summed E-state index contributed by atoms with van der Waals surface area (Å²) in [5.74, 6) is 0.373. The number of carbonyl (C=O) groups excluding carboxylic acids is 2. The van der Waals surface area contributed by atoms with Crippen molar-refractivity contribution in [3.63, 3.8) is 0 Å². The molecular formula is C26H18N2O4S. The Morgan fingerprint density at radius 3 is 2.67 bits per heavy atom. The molecule has 1 aromatic heterocycles. The molecular weight excluding hydrogens is 436 g/mol. The van der Waals surface area contributed by atoms with Crippen molar-refractivity contribution in [3.05, 3.63) is 101 Å². The van der Waals surface area contributed by atoms with Crippen LogP contribution in [-0.2, 0) is 0 Å². The molecule has 7 heteroatoms. The molecule has 0 spiro atoms. The van der Waals surface area contributed by atoms with Crippen molar-refractivity contribution in [1.82, 2.24) is 0 Å².